The number of likely N-dealkylation sites (tertiary alicyclic amines) is 1. The number of amides is 1. The van der Waals surface area contributed by atoms with Crippen LogP contribution in [0, 0.1) is 0 Å². The number of nitrogens with two attached hydrogens (primary N) is 1. The summed E-state index contributed by atoms with van der Waals surface area (Å²) in [5, 5.41) is 12.4. The molecule has 100 valence electrons. The average molecular weight is 244 g/mol. The molecule has 1 aliphatic rings. The van der Waals surface area contributed by atoms with Gasteiger partial charge in [0.1, 0.15) is 0 Å². The minimum absolute atomic E-state index is 0.0201. The summed E-state index contributed by atoms with van der Waals surface area (Å²) in [5.74, 6) is -0.0201. The molecule has 1 amide bonds. The Morgan fingerprint density at radius 2 is 2.29 bits per heavy atom. The van der Waals surface area contributed by atoms with Crippen LogP contribution in [-0.2, 0) is 4.79 Å². The second kappa shape index (κ2) is 6.90. The minimum Gasteiger partial charge on any atom is -0.392 e. The third kappa shape index (κ3) is 4.99. The highest BCUT2D eigenvalue weighted by molar-refractivity contribution is 5.78. The van der Waals surface area contributed by atoms with Crippen LogP contribution in [0.4, 0.5) is 0 Å². The van der Waals surface area contributed by atoms with Gasteiger partial charge in [-0.05, 0) is 20.5 Å². The van der Waals surface area contributed by atoms with Gasteiger partial charge in [-0.15, -0.1) is 0 Å². The van der Waals surface area contributed by atoms with E-state index in [0.717, 1.165) is 13.0 Å². The van der Waals surface area contributed by atoms with Crippen molar-refractivity contribution in [1.29, 1.82) is 0 Å². The quantitative estimate of drug-likeness (QED) is 0.506. The van der Waals surface area contributed by atoms with Crippen LogP contribution in [0.2, 0.25) is 0 Å². The fraction of sp³-hybridized carbons (Fsp3) is 0.909. The van der Waals surface area contributed by atoms with Gasteiger partial charge in [-0.1, -0.05) is 0 Å². The molecule has 4 N–H and O–H groups in total. The molecule has 0 aromatic rings. The number of rotatable bonds is 6. The van der Waals surface area contributed by atoms with Crippen LogP contribution in [0.1, 0.15) is 6.42 Å². The zero-order valence-electron chi connectivity index (χ0n) is 10.7. The number of carbonyl (C=O) groups excluding carboxylic acids is 1. The molecule has 1 rings (SSSR count). The van der Waals surface area contributed by atoms with Crippen LogP contribution in [0.5, 0.6) is 0 Å². The highest BCUT2D eigenvalue weighted by Crippen LogP contribution is 2.17. The van der Waals surface area contributed by atoms with E-state index in [9.17, 15) is 9.90 Å². The van der Waals surface area contributed by atoms with E-state index in [4.69, 9.17) is 5.73 Å². The summed E-state index contributed by atoms with van der Waals surface area (Å²) in [6.07, 6.45) is 0.421. The number of nitrogens with one attached hydrogen (secondary N) is 1. The second-order valence-corrected chi connectivity index (χ2v) is 4.87. The van der Waals surface area contributed by atoms with Crippen molar-refractivity contribution in [2.75, 3.05) is 46.8 Å². The molecule has 0 saturated carbocycles. The molecule has 0 aromatic carbocycles. The molecule has 0 radical (unpaired) electrons. The summed E-state index contributed by atoms with van der Waals surface area (Å²) in [5.41, 5.74) is 5.33. The SMILES string of the molecule is CN(C)CC1CC(O)CN1CC(=O)NCCN. The molecule has 1 aliphatic heterocycles. The van der Waals surface area contributed by atoms with Gasteiger partial charge in [0.25, 0.3) is 0 Å². The Bertz CT molecular complexity index is 248. The summed E-state index contributed by atoms with van der Waals surface area (Å²) < 4.78 is 0. The molecule has 0 bridgehead atoms. The molecule has 2 atom stereocenters. The number of aliphatic hydroxyl groups is 1. The summed E-state index contributed by atoms with van der Waals surface area (Å²) in [4.78, 5) is 15.7. The predicted octanol–water partition coefficient (Wildman–Crippen LogP) is -1.94. The van der Waals surface area contributed by atoms with Gasteiger partial charge in [0.05, 0.1) is 12.6 Å². The molecule has 1 heterocycles. The highest BCUT2D eigenvalue weighted by atomic mass is 16.3. The largest absolute Gasteiger partial charge is 0.392 e. The van der Waals surface area contributed by atoms with Crippen LogP contribution in [-0.4, -0.2) is 79.8 Å². The number of likely N-dealkylation sites (N-methyl/N-ethyl adjacent to an activating group) is 1. The second-order valence-electron chi connectivity index (χ2n) is 4.87. The number of nitrogens with zero attached hydrogens (tertiary/aromatic N) is 2. The van der Waals surface area contributed by atoms with Gasteiger partial charge in [0.15, 0.2) is 0 Å². The first-order valence-corrected chi connectivity index (χ1v) is 6.06. The zero-order valence-corrected chi connectivity index (χ0v) is 10.7. The van der Waals surface area contributed by atoms with Gasteiger partial charge >= 0.3 is 0 Å². The van der Waals surface area contributed by atoms with E-state index in [2.05, 4.69) is 10.2 Å². The van der Waals surface area contributed by atoms with Crippen LogP contribution in [0.3, 0.4) is 0 Å². The van der Waals surface area contributed by atoms with Gasteiger partial charge in [-0.3, -0.25) is 9.69 Å². The summed E-state index contributed by atoms with van der Waals surface area (Å²) in [6, 6.07) is 0.253. The van der Waals surface area contributed by atoms with E-state index < -0.39 is 0 Å². The molecular formula is C11H24N4O2. The Hall–Kier alpha value is -0.690. The first-order valence-electron chi connectivity index (χ1n) is 6.06. The molecule has 0 spiro atoms. The Labute approximate surface area is 103 Å². The molecule has 0 aromatic heterocycles. The lowest BCUT2D eigenvalue weighted by atomic mass is 10.2. The van der Waals surface area contributed by atoms with Gasteiger partial charge in [-0.25, -0.2) is 0 Å². The van der Waals surface area contributed by atoms with E-state index in [1.165, 1.54) is 0 Å². The van der Waals surface area contributed by atoms with E-state index in [1.807, 2.05) is 19.0 Å². The van der Waals surface area contributed by atoms with Crippen molar-refractivity contribution in [2.45, 2.75) is 18.6 Å². The maximum Gasteiger partial charge on any atom is 0.234 e. The number of hydrogen-bond acceptors (Lipinski definition) is 5. The molecule has 17 heavy (non-hydrogen) atoms. The molecule has 2 unspecified atom stereocenters. The van der Waals surface area contributed by atoms with Gasteiger partial charge in [0, 0.05) is 32.2 Å². The van der Waals surface area contributed by atoms with Crippen molar-refractivity contribution < 1.29 is 9.90 Å². The topological polar surface area (TPSA) is 81.8 Å². The molecular weight excluding hydrogens is 220 g/mol. The number of carbonyl (C=O) groups is 1. The van der Waals surface area contributed by atoms with E-state index in [-0.39, 0.29) is 18.1 Å². The van der Waals surface area contributed by atoms with Crippen molar-refractivity contribution in [1.82, 2.24) is 15.1 Å². The fourth-order valence-electron chi connectivity index (χ4n) is 2.21. The van der Waals surface area contributed by atoms with Crippen molar-refractivity contribution in [3.63, 3.8) is 0 Å². The molecule has 6 nitrogen and oxygen atoms in total. The molecule has 1 saturated heterocycles. The average Bonchev–Trinajstić information content (AvgIpc) is 2.55. The summed E-state index contributed by atoms with van der Waals surface area (Å²) in [7, 11) is 3.99. The monoisotopic (exact) mass is 244 g/mol. The normalized spacial score (nSPS) is 25.5. The Morgan fingerprint density at radius 3 is 2.88 bits per heavy atom. The van der Waals surface area contributed by atoms with Crippen molar-refractivity contribution >= 4 is 5.91 Å². The lowest BCUT2D eigenvalue weighted by molar-refractivity contribution is -0.122. The number of aliphatic hydroxyl groups excluding tert-OH is 1. The first-order chi connectivity index (χ1) is 8.02. The first kappa shape index (κ1) is 14.4. The predicted molar refractivity (Wildman–Crippen MR) is 66.6 cm³/mol. The Balaban J connectivity index is 2.41. The van der Waals surface area contributed by atoms with E-state index in [0.29, 0.717) is 26.2 Å². The lowest BCUT2D eigenvalue weighted by Crippen LogP contribution is -2.44. The lowest BCUT2D eigenvalue weighted by Gasteiger charge is -2.25. The third-order valence-corrected chi connectivity index (χ3v) is 2.89. The van der Waals surface area contributed by atoms with Crippen LogP contribution < -0.4 is 11.1 Å². The van der Waals surface area contributed by atoms with Crippen LogP contribution in [0.25, 0.3) is 0 Å². The van der Waals surface area contributed by atoms with Crippen molar-refractivity contribution in [2.24, 2.45) is 5.73 Å². The van der Waals surface area contributed by atoms with E-state index in [1.54, 1.807) is 0 Å². The van der Waals surface area contributed by atoms with Gasteiger partial charge in [0.2, 0.25) is 5.91 Å². The fourth-order valence-corrected chi connectivity index (χ4v) is 2.21. The molecule has 0 aliphatic carbocycles. The highest BCUT2D eigenvalue weighted by Gasteiger charge is 2.32. The van der Waals surface area contributed by atoms with Crippen molar-refractivity contribution in [3.8, 4) is 0 Å². The maximum absolute atomic E-state index is 11.6. The van der Waals surface area contributed by atoms with Crippen LogP contribution >= 0.6 is 0 Å². The molecule has 6 heteroatoms. The smallest absolute Gasteiger partial charge is 0.234 e. The Kier molecular flexibility index (Phi) is 5.84. The molecule has 1 fully saturated rings. The maximum atomic E-state index is 11.6. The zero-order chi connectivity index (χ0) is 12.8. The van der Waals surface area contributed by atoms with Gasteiger partial charge < -0.3 is 21.1 Å². The minimum atomic E-state index is -0.317. The van der Waals surface area contributed by atoms with E-state index >= 15 is 0 Å². The number of β-amino-alcohol motifs (C(OH)–C–C–N with tert-alkyl or cyclic N) is 1. The standard InChI is InChI=1S/C11H24N4O2/c1-14(2)6-9-5-10(16)7-15(9)8-11(17)13-4-3-12/h9-10,16H,3-8,12H2,1-2H3,(H,13,17). The third-order valence-electron chi connectivity index (χ3n) is 2.89. The van der Waals surface area contributed by atoms with Crippen molar-refractivity contribution in [3.05, 3.63) is 0 Å². The summed E-state index contributed by atoms with van der Waals surface area (Å²) in [6.45, 7) is 2.74. The summed E-state index contributed by atoms with van der Waals surface area (Å²) >= 11 is 0. The number of hydrogen-bond donors (Lipinski definition) is 3. The van der Waals surface area contributed by atoms with Gasteiger partial charge in [-0.2, -0.15) is 0 Å². The Morgan fingerprint density at radius 1 is 1.59 bits per heavy atom. The van der Waals surface area contributed by atoms with Crippen LogP contribution in [0.15, 0.2) is 0 Å².